The lowest BCUT2D eigenvalue weighted by Crippen LogP contribution is -2.38. The number of nitrogens with one attached hydrogen (secondary N) is 2. The number of aryl methyl sites for hydroxylation is 1. The maximum atomic E-state index is 9.60. The van der Waals surface area contributed by atoms with Crippen LogP contribution in [0.4, 0.5) is 11.8 Å². The molecule has 0 amide bonds. The molecule has 2 aromatic heterocycles. The van der Waals surface area contributed by atoms with Crippen LogP contribution in [-0.2, 0) is 20.7 Å². The van der Waals surface area contributed by atoms with Crippen molar-refractivity contribution in [2.24, 2.45) is 0 Å². The van der Waals surface area contributed by atoms with Crippen molar-refractivity contribution in [2.45, 2.75) is 64.8 Å². The monoisotopic (exact) mass is 435 g/mol. The third-order valence-corrected chi connectivity index (χ3v) is 4.26. The van der Waals surface area contributed by atoms with E-state index in [1.54, 1.807) is 12.4 Å². The van der Waals surface area contributed by atoms with Gasteiger partial charge in [0.05, 0.1) is 24.0 Å². The van der Waals surface area contributed by atoms with Gasteiger partial charge in [-0.05, 0) is 59.1 Å². The van der Waals surface area contributed by atoms with Gasteiger partial charge in [0.15, 0.2) is 0 Å². The molecule has 0 saturated carbocycles. The maximum absolute atomic E-state index is 9.60. The smallest absolute Gasteiger partial charge is 0.293 e. The highest BCUT2D eigenvalue weighted by Crippen LogP contribution is 2.18. The predicted octanol–water partition coefficient (Wildman–Crippen LogP) is 3.88. The standard InChI is InChI=1S/C16H20ClN5O.C5H10O2/c1-16(2)22-13(10-23-16)5-3-11-4-6-14(18-7-11)21-15-19-8-12(17)9-20-15;1-5(2,3)7-4-6/h4,6-9,13,22H,3,5,10H2,1-2H3,(H,18,19,20,21);4H,1-3H3. The Labute approximate surface area is 182 Å². The summed E-state index contributed by atoms with van der Waals surface area (Å²) >= 11 is 5.76. The van der Waals surface area contributed by atoms with Crippen molar-refractivity contribution in [3.63, 3.8) is 0 Å². The molecule has 1 fully saturated rings. The highest BCUT2D eigenvalue weighted by atomic mass is 35.5. The number of rotatable bonds is 6. The summed E-state index contributed by atoms with van der Waals surface area (Å²) in [5, 5.41) is 7.01. The Morgan fingerprint density at radius 1 is 1.27 bits per heavy atom. The van der Waals surface area contributed by atoms with Crippen molar-refractivity contribution in [1.82, 2.24) is 20.3 Å². The van der Waals surface area contributed by atoms with Gasteiger partial charge in [0.25, 0.3) is 6.47 Å². The second kappa shape index (κ2) is 10.7. The fourth-order valence-corrected chi connectivity index (χ4v) is 2.76. The zero-order valence-corrected chi connectivity index (χ0v) is 18.9. The van der Waals surface area contributed by atoms with Crippen LogP contribution in [0.2, 0.25) is 5.02 Å². The van der Waals surface area contributed by atoms with Crippen LogP contribution >= 0.6 is 11.6 Å². The summed E-state index contributed by atoms with van der Waals surface area (Å²) in [5.41, 5.74) is 0.663. The SMILES string of the molecule is CC(C)(C)OC=O.CC1(C)NC(CCc2ccc(Nc3ncc(Cl)cn3)nc2)CO1. The van der Waals surface area contributed by atoms with E-state index in [2.05, 4.69) is 36.4 Å². The Bertz CT molecular complexity index is 792. The largest absolute Gasteiger partial charge is 0.462 e. The lowest BCUT2D eigenvalue weighted by Gasteiger charge is -2.18. The van der Waals surface area contributed by atoms with Crippen LogP contribution in [0.25, 0.3) is 0 Å². The molecule has 3 heterocycles. The molecule has 2 aromatic rings. The minimum absolute atomic E-state index is 0.213. The zero-order chi connectivity index (χ0) is 22.2. The predicted molar refractivity (Wildman–Crippen MR) is 117 cm³/mol. The summed E-state index contributed by atoms with van der Waals surface area (Å²) in [6.45, 7) is 10.8. The number of hydrogen-bond acceptors (Lipinski definition) is 8. The molecule has 1 aliphatic rings. The van der Waals surface area contributed by atoms with E-state index in [9.17, 15) is 4.79 Å². The molecule has 0 radical (unpaired) electrons. The van der Waals surface area contributed by atoms with Crippen LogP contribution in [0.3, 0.4) is 0 Å². The van der Waals surface area contributed by atoms with Crippen molar-refractivity contribution in [1.29, 1.82) is 0 Å². The van der Waals surface area contributed by atoms with E-state index in [-0.39, 0.29) is 11.3 Å². The van der Waals surface area contributed by atoms with Crippen LogP contribution in [0, 0.1) is 0 Å². The third-order valence-electron chi connectivity index (χ3n) is 4.07. The summed E-state index contributed by atoms with van der Waals surface area (Å²) < 4.78 is 10.2. The van der Waals surface area contributed by atoms with Gasteiger partial charge in [-0.3, -0.25) is 10.1 Å². The molecule has 164 valence electrons. The van der Waals surface area contributed by atoms with Crippen molar-refractivity contribution >= 4 is 29.8 Å². The third kappa shape index (κ3) is 9.02. The Morgan fingerprint density at radius 3 is 2.43 bits per heavy atom. The second-order valence-corrected chi connectivity index (χ2v) is 8.87. The number of halogens is 1. The lowest BCUT2D eigenvalue weighted by molar-refractivity contribution is -0.138. The van der Waals surface area contributed by atoms with E-state index in [1.807, 2.05) is 46.9 Å². The molecule has 8 nitrogen and oxygen atoms in total. The van der Waals surface area contributed by atoms with E-state index in [0.29, 0.717) is 29.3 Å². The van der Waals surface area contributed by atoms with Crippen molar-refractivity contribution in [3.05, 3.63) is 41.3 Å². The Hall–Kier alpha value is -2.29. The molecule has 2 N–H and O–H groups in total. The van der Waals surface area contributed by atoms with Crippen LogP contribution in [0.15, 0.2) is 30.7 Å². The van der Waals surface area contributed by atoms with E-state index in [4.69, 9.17) is 16.3 Å². The van der Waals surface area contributed by atoms with Crippen LogP contribution in [0.5, 0.6) is 0 Å². The molecule has 1 unspecified atom stereocenters. The van der Waals surface area contributed by atoms with Crippen molar-refractivity contribution in [3.8, 4) is 0 Å². The van der Waals surface area contributed by atoms with Crippen LogP contribution in [-0.4, -0.2) is 45.4 Å². The highest BCUT2D eigenvalue weighted by Gasteiger charge is 2.30. The molecule has 1 atom stereocenters. The van der Waals surface area contributed by atoms with E-state index in [1.165, 1.54) is 5.56 Å². The van der Waals surface area contributed by atoms with Gasteiger partial charge >= 0.3 is 0 Å². The van der Waals surface area contributed by atoms with Crippen LogP contribution in [0.1, 0.15) is 46.6 Å². The number of aromatic nitrogens is 3. The van der Waals surface area contributed by atoms with Crippen molar-refractivity contribution in [2.75, 3.05) is 11.9 Å². The van der Waals surface area contributed by atoms with Crippen molar-refractivity contribution < 1.29 is 14.3 Å². The zero-order valence-electron chi connectivity index (χ0n) is 18.1. The second-order valence-electron chi connectivity index (χ2n) is 8.43. The van der Waals surface area contributed by atoms with Gasteiger partial charge in [-0.25, -0.2) is 15.0 Å². The van der Waals surface area contributed by atoms with Gasteiger partial charge in [0, 0.05) is 12.2 Å². The number of anilines is 2. The number of pyridine rings is 1. The van der Waals surface area contributed by atoms with Gasteiger partial charge in [-0.2, -0.15) is 0 Å². The average molecular weight is 436 g/mol. The number of carbonyl (C=O) groups excluding carboxylic acids is 1. The van der Waals surface area contributed by atoms with Crippen LogP contribution < -0.4 is 10.6 Å². The Kier molecular flexibility index (Phi) is 8.52. The topological polar surface area (TPSA) is 98.3 Å². The summed E-state index contributed by atoms with van der Waals surface area (Å²) in [6, 6.07) is 4.38. The molecule has 0 aliphatic carbocycles. The first kappa shape index (κ1) is 24.0. The first-order valence-corrected chi connectivity index (χ1v) is 10.2. The molecule has 30 heavy (non-hydrogen) atoms. The van der Waals surface area contributed by atoms with Gasteiger partial charge in [0.1, 0.15) is 17.1 Å². The summed E-state index contributed by atoms with van der Waals surface area (Å²) in [4.78, 5) is 22.2. The maximum Gasteiger partial charge on any atom is 0.293 e. The number of ether oxygens (including phenoxy) is 2. The molecule has 3 rings (SSSR count). The quantitative estimate of drug-likeness (QED) is 0.659. The Balaban J connectivity index is 0.000000396. The van der Waals surface area contributed by atoms with Gasteiger partial charge in [0.2, 0.25) is 5.95 Å². The molecule has 0 spiro atoms. The fraction of sp³-hybridized carbons (Fsp3) is 0.524. The first-order valence-electron chi connectivity index (χ1n) is 9.79. The van der Waals surface area contributed by atoms with E-state index >= 15 is 0 Å². The number of carbonyl (C=O) groups is 1. The Morgan fingerprint density at radius 2 is 1.97 bits per heavy atom. The van der Waals surface area contributed by atoms with Gasteiger partial charge in [-0.15, -0.1) is 0 Å². The first-order chi connectivity index (χ1) is 14.1. The lowest BCUT2D eigenvalue weighted by atomic mass is 10.1. The molecule has 9 heteroatoms. The average Bonchev–Trinajstić information content (AvgIpc) is 3.01. The fourth-order valence-electron chi connectivity index (χ4n) is 2.66. The minimum atomic E-state index is -0.318. The summed E-state index contributed by atoms with van der Waals surface area (Å²) in [5.74, 6) is 1.18. The molecule has 0 bridgehead atoms. The normalized spacial score (nSPS) is 17.6. The molecule has 1 aliphatic heterocycles. The minimum Gasteiger partial charge on any atom is -0.462 e. The molecular weight excluding hydrogens is 406 g/mol. The van der Waals surface area contributed by atoms with E-state index in [0.717, 1.165) is 19.4 Å². The number of nitrogens with zero attached hydrogens (tertiary/aromatic N) is 3. The summed E-state index contributed by atoms with van der Waals surface area (Å²) in [6.07, 6.45) is 6.95. The number of hydrogen-bond donors (Lipinski definition) is 2. The van der Waals surface area contributed by atoms with E-state index < -0.39 is 0 Å². The van der Waals surface area contributed by atoms with Gasteiger partial charge < -0.3 is 14.8 Å². The molecule has 1 saturated heterocycles. The summed E-state index contributed by atoms with van der Waals surface area (Å²) in [7, 11) is 0. The van der Waals surface area contributed by atoms with Gasteiger partial charge in [-0.1, -0.05) is 17.7 Å². The molecular formula is C21H30ClN5O3. The highest BCUT2D eigenvalue weighted by molar-refractivity contribution is 6.30. The molecule has 0 aromatic carbocycles.